The molecular weight excluding hydrogens is 418 g/mol. The van der Waals surface area contributed by atoms with Crippen molar-refractivity contribution in [3.05, 3.63) is 63.8 Å². The Morgan fingerprint density at radius 1 is 1.19 bits per heavy atom. The van der Waals surface area contributed by atoms with Crippen molar-refractivity contribution in [3.8, 4) is 28.6 Å². The van der Waals surface area contributed by atoms with Crippen LogP contribution < -0.4 is 15.7 Å². The van der Waals surface area contributed by atoms with Gasteiger partial charge in [0, 0.05) is 17.7 Å². The lowest BCUT2D eigenvalue weighted by molar-refractivity contribution is -0.120. The van der Waals surface area contributed by atoms with Crippen molar-refractivity contribution in [2.24, 2.45) is 0 Å². The Morgan fingerprint density at radius 2 is 1.94 bits per heavy atom. The number of nitrogens with one attached hydrogen (secondary N) is 1. The molecule has 0 aliphatic rings. The second-order valence-electron chi connectivity index (χ2n) is 7.02. The fourth-order valence-electron chi connectivity index (χ4n) is 3.30. The topological polar surface area (TPSA) is 148 Å². The lowest BCUT2D eigenvalue weighted by Crippen LogP contribution is -2.27. The molecule has 10 nitrogen and oxygen atoms in total. The van der Waals surface area contributed by atoms with Gasteiger partial charge in [-0.05, 0) is 36.8 Å². The molecule has 1 amide bonds. The van der Waals surface area contributed by atoms with Crippen LogP contribution in [-0.4, -0.2) is 33.4 Å². The van der Waals surface area contributed by atoms with Crippen LogP contribution >= 0.6 is 0 Å². The standard InChI is InChI=1S/C22H19N3O7/c1-11-15(22(29)31-17-8-13(26)7-16(27)20(11)17)9-18(28)23-10-19-24-21(25-32-19)12-3-5-14(30-2)6-4-12/h3-8,26-27H,9-10H2,1-2H3,(H,23,28). The number of hydrogen-bond donors (Lipinski definition) is 3. The zero-order valence-corrected chi connectivity index (χ0v) is 17.2. The number of rotatable bonds is 6. The van der Waals surface area contributed by atoms with Crippen molar-refractivity contribution < 1.29 is 28.7 Å². The second kappa shape index (κ2) is 8.42. The van der Waals surface area contributed by atoms with Crippen molar-refractivity contribution in [3.63, 3.8) is 0 Å². The Morgan fingerprint density at radius 3 is 2.66 bits per heavy atom. The summed E-state index contributed by atoms with van der Waals surface area (Å²) in [4.78, 5) is 29.0. The molecule has 164 valence electrons. The zero-order valence-electron chi connectivity index (χ0n) is 17.2. The summed E-state index contributed by atoms with van der Waals surface area (Å²) in [6.45, 7) is 1.57. The van der Waals surface area contributed by atoms with E-state index >= 15 is 0 Å². The molecule has 0 bridgehead atoms. The van der Waals surface area contributed by atoms with Crippen molar-refractivity contribution in [1.82, 2.24) is 15.5 Å². The highest BCUT2D eigenvalue weighted by atomic mass is 16.5. The maximum absolute atomic E-state index is 12.4. The van der Waals surface area contributed by atoms with Crippen LogP contribution in [0.1, 0.15) is 17.0 Å². The minimum atomic E-state index is -0.727. The maximum Gasteiger partial charge on any atom is 0.340 e. The molecule has 10 heteroatoms. The molecule has 0 spiro atoms. The smallest absolute Gasteiger partial charge is 0.340 e. The highest BCUT2D eigenvalue weighted by molar-refractivity contribution is 5.89. The van der Waals surface area contributed by atoms with Gasteiger partial charge in [0.2, 0.25) is 17.6 Å². The van der Waals surface area contributed by atoms with Crippen LogP contribution in [0.3, 0.4) is 0 Å². The average Bonchev–Trinajstić information content (AvgIpc) is 3.23. The molecule has 0 aliphatic heterocycles. The molecule has 0 atom stereocenters. The van der Waals surface area contributed by atoms with E-state index < -0.39 is 11.5 Å². The van der Waals surface area contributed by atoms with E-state index in [4.69, 9.17) is 13.7 Å². The summed E-state index contributed by atoms with van der Waals surface area (Å²) in [7, 11) is 1.57. The number of ether oxygens (including phenoxy) is 1. The van der Waals surface area contributed by atoms with Gasteiger partial charge in [-0.25, -0.2) is 4.79 Å². The molecule has 0 fully saturated rings. The number of phenolic OH excluding ortho intramolecular Hbond substituents is 2. The van der Waals surface area contributed by atoms with Gasteiger partial charge in [-0.3, -0.25) is 4.79 Å². The van der Waals surface area contributed by atoms with Gasteiger partial charge in [-0.2, -0.15) is 4.98 Å². The Kier molecular flexibility index (Phi) is 5.50. The Hall–Kier alpha value is -4.34. The van der Waals surface area contributed by atoms with Crippen LogP contribution in [0.2, 0.25) is 0 Å². The Balaban J connectivity index is 1.46. The first-order valence-corrected chi connectivity index (χ1v) is 9.57. The van der Waals surface area contributed by atoms with E-state index in [0.717, 1.165) is 11.6 Å². The number of carbonyl (C=O) groups is 1. The molecule has 3 N–H and O–H groups in total. The Bertz CT molecular complexity index is 1360. The number of phenols is 2. The number of hydrogen-bond acceptors (Lipinski definition) is 9. The average molecular weight is 437 g/mol. The van der Waals surface area contributed by atoms with Crippen LogP contribution in [0.25, 0.3) is 22.4 Å². The third-order valence-electron chi connectivity index (χ3n) is 4.93. The highest BCUT2D eigenvalue weighted by Gasteiger charge is 2.18. The number of aromatic nitrogens is 2. The van der Waals surface area contributed by atoms with Gasteiger partial charge in [0.15, 0.2) is 0 Å². The van der Waals surface area contributed by atoms with E-state index in [-0.39, 0.29) is 46.9 Å². The lowest BCUT2D eigenvalue weighted by Gasteiger charge is -2.09. The van der Waals surface area contributed by atoms with Crippen molar-refractivity contribution >= 4 is 16.9 Å². The van der Waals surface area contributed by atoms with E-state index in [1.54, 1.807) is 38.3 Å². The first kappa shape index (κ1) is 20.9. The van der Waals surface area contributed by atoms with Gasteiger partial charge >= 0.3 is 5.63 Å². The van der Waals surface area contributed by atoms with Gasteiger partial charge in [-0.15, -0.1) is 0 Å². The van der Waals surface area contributed by atoms with Crippen LogP contribution in [0.4, 0.5) is 0 Å². The van der Waals surface area contributed by atoms with Crippen molar-refractivity contribution in [1.29, 1.82) is 0 Å². The first-order chi connectivity index (χ1) is 15.4. The van der Waals surface area contributed by atoms with E-state index in [1.807, 2.05) is 0 Å². The molecule has 0 unspecified atom stereocenters. The highest BCUT2D eigenvalue weighted by Crippen LogP contribution is 2.32. The van der Waals surface area contributed by atoms with Gasteiger partial charge in [0.05, 0.1) is 31.0 Å². The van der Waals surface area contributed by atoms with E-state index in [9.17, 15) is 19.8 Å². The monoisotopic (exact) mass is 437 g/mol. The fourth-order valence-corrected chi connectivity index (χ4v) is 3.30. The summed E-state index contributed by atoms with van der Waals surface area (Å²) in [5.74, 6) is 0.295. The fraction of sp³-hybridized carbons (Fsp3) is 0.182. The maximum atomic E-state index is 12.4. The van der Waals surface area contributed by atoms with Crippen LogP contribution in [-0.2, 0) is 17.8 Å². The summed E-state index contributed by atoms with van der Waals surface area (Å²) in [5.41, 5.74) is 0.520. The molecule has 0 saturated heterocycles. The molecule has 0 radical (unpaired) electrons. The van der Waals surface area contributed by atoms with Crippen LogP contribution in [0.15, 0.2) is 50.1 Å². The summed E-state index contributed by atoms with van der Waals surface area (Å²) in [6.07, 6.45) is -0.274. The Labute approximate surface area is 181 Å². The lowest BCUT2D eigenvalue weighted by atomic mass is 10.0. The summed E-state index contributed by atoms with van der Waals surface area (Å²) in [6, 6.07) is 9.46. The predicted molar refractivity (Wildman–Crippen MR) is 112 cm³/mol. The number of fused-ring (bicyclic) bond motifs is 1. The number of carbonyl (C=O) groups excluding carboxylic acids is 1. The molecule has 4 aromatic rings. The van der Waals surface area contributed by atoms with Gasteiger partial charge < -0.3 is 29.2 Å². The van der Waals surface area contributed by atoms with E-state index in [1.165, 1.54) is 6.07 Å². The third-order valence-corrected chi connectivity index (χ3v) is 4.93. The normalized spacial score (nSPS) is 10.9. The van der Waals surface area contributed by atoms with E-state index in [0.29, 0.717) is 17.1 Å². The first-order valence-electron chi connectivity index (χ1n) is 9.57. The molecular formula is C22H19N3O7. The molecule has 2 heterocycles. The van der Waals surface area contributed by atoms with Gasteiger partial charge in [0.25, 0.3) is 0 Å². The molecule has 0 aliphatic carbocycles. The minimum Gasteiger partial charge on any atom is -0.508 e. The third kappa shape index (κ3) is 4.10. The summed E-state index contributed by atoms with van der Waals surface area (Å²) >= 11 is 0. The largest absolute Gasteiger partial charge is 0.508 e. The summed E-state index contributed by atoms with van der Waals surface area (Å²) < 4.78 is 15.4. The van der Waals surface area contributed by atoms with Crippen LogP contribution in [0, 0.1) is 6.92 Å². The predicted octanol–water partition coefficient (Wildman–Crippen LogP) is 2.43. The second-order valence-corrected chi connectivity index (χ2v) is 7.02. The molecule has 4 rings (SSSR count). The molecule has 32 heavy (non-hydrogen) atoms. The quantitative estimate of drug-likeness (QED) is 0.387. The number of methoxy groups -OCH3 is 1. The van der Waals surface area contributed by atoms with Gasteiger partial charge in [0.1, 0.15) is 22.8 Å². The number of amides is 1. The zero-order chi connectivity index (χ0) is 22.8. The SMILES string of the molecule is COc1ccc(-c2noc(CNC(=O)Cc3c(C)c4c(O)cc(O)cc4oc3=O)n2)cc1. The van der Waals surface area contributed by atoms with Crippen molar-refractivity contribution in [2.45, 2.75) is 19.9 Å². The number of nitrogens with zero attached hydrogens (tertiary/aromatic N) is 2. The molecule has 2 aromatic heterocycles. The minimum absolute atomic E-state index is 0.0287. The molecule has 0 saturated carbocycles. The summed E-state index contributed by atoms with van der Waals surface area (Å²) in [5, 5.41) is 26.4. The van der Waals surface area contributed by atoms with Crippen LogP contribution in [0.5, 0.6) is 17.2 Å². The number of aryl methyl sites for hydroxylation is 1. The van der Waals surface area contributed by atoms with E-state index in [2.05, 4.69) is 15.5 Å². The number of aromatic hydroxyl groups is 2. The van der Waals surface area contributed by atoms with Crippen molar-refractivity contribution in [2.75, 3.05) is 7.11 Å². The number of benzene rings is 2. The van der Waals surface area contributed by atoms with Gasteiger partial charge in [-0.1, -0.05) is 5.16 Å². The molecule has 2 aromatic carbocycles.